The minimum Gasteiger partial charge on any atom is -0.310 e. The second kappa shape index (κ2) is 6.45. The van der Waals surface area contributed by atoms with Crippen molar-refractivity contribution in [2.75, 3.05) is 0 Å². The van der Waals surface area contributed by atoms with Crippen LogP contribution in [0.3, 0.4) is 0 Å². The van der Waals surface area contributed by atoms with Gasteiger partial charge in [-0.05, 0) is 30.7 Å². The van der Waals surface area contributed by atoms with Crippen molar-refractivity contribution in [2.24, 2.45) is 0 Å². The standard InChI is InChI=1S/C23H17NO2/c1-16-9-8-14-19-15-20(17-10-4-2-5-11-17)21(24(16)19)23(26)22(25)18-12-6-3-7-13-18/h2-15H,1H3. The molecular weight excluding hydrogens is 322 g/mol. The highest BCUT2D eigenvalue weighted by atomic mass is 16.2. The summed E-state index contributed by atoms with van der Waals surface area (Å²) in [7, 11) is 0. The van der Waals surface area contributed by atoms with Gasteiger partial charge in [-0.15, -0.1) is 0 Å². The van der Waals surface area contributed by atoms with Crippen molar-refractivity contribution in [1.82, 2.24) is 4.40 Å². The fourth-order valence-electron chi connectivity index (χ4n) is 3.28. The monoisotopic (exact) mass is 339 g/mol. The molecular formula is C23H17NO2. The van der Waals surface area contributed by atoms with Crippen LogP contribution in [0.4, 0.5) is 0 Å². The van der Waals surface area contributed by atoms with Gasteiger partial charge in [0.2, 0.25) is 5.78 Å². The van der Waals surface area contributed by atoms with Crippen molar-refractivity contribution in [3.05, 3.63) is 102 Å². The number of pyridine rings is 1. The van der Waals surface area contributed by atoms with E-state index in [1.165, 1.54) is 0 Å². The fourth-order valence-corrected chi connectivity index (χ4v) is 3.28. The molecule has 3 heteroatoms. The molecule has 0 spiro atoms. The number of ketones is 2. The van der Waals surface area contributed by atoms with Crippen LogP contribution in [0.2, 0.25) is 0 Å². The molecule has 0 aliphatic carbocycles. The van der Waals surface area contributed by atoms with E-state index in [0.717, 1.165) is 22.3 Å². The Kier molecular flexibility index (Phi) is 3.98. The maximum atomic E-state index is 13.2. The van der Waals surface area contributed by atoms with Gasteiger partial charge in [0, 0.05) is 22.3 Å². The summed E-state index contributed by atoms with van der Waals surface area (Å²) in [5.74, 6) is -0.990. The summed E-state index contributed by atoms with van der Waals surface area (Å²) in [5, 5.41) is 0. The van der Waals surface area contributed by atoms with E-state index in [0.29, 0.717) is 11.3 Å². The molecule has 0 saturated heterocycles. The molecule has 0 aliphatic rings. The molecule has 3 nitrogen and oxygen atoms in total. The first-order chi connectivity index (χ1) is 12.7. The summed E-state index contributed by atoms with van der Waals surface area (Å²) in [5.41, 5.74) is 4.31. The van der Waals surface area contributed by atoms with Gasteiger partial charge in [-0.25, -0.2) is 0 Å². The molecule has 0 atom stereocenters. The molecule has 2 aromatic heterocycles. The lowest BCUT2D eigenvalue weighted by Gasteiger charge is -2.08. The van der Waals surface area contributed by atoms with Crippen LogP contribution in [0.25, 0.3) is 16.6 Å². The van der Waals surface area contributed by atoms with Crippen LogP contribution in [0.1, 0.15) is 26.5 Å². The lowest BCUT2D eigenvalue weighted by molar-refractivity contribution is 0.0814. The third-order valence-electron chi connectivity index (χ3n) is 4.53. The highest BCUT2D eigenvalue weighted by molar-refractivity contribution is 6.50. The topological polar surface area (TPSA) is 38.5 Å². The van der Waals surface area contributed by atoms with Gasteiger partial charge in [0.25, 0.3) is 5.78 Å². The number of hydrogen-bond donors (Lipinski definition) is 0. The fraction of sp³-hybridized carbons (Fsp3) is 0.0435. The summed E-state index contributed by atoms with van der Waals surface area (Å²) in [4.78, 5) is 26.0. The van der Waals surface area contributed by atoms with Gasteiger partial charge in [0.15, 0.2) is 0 Å². The predicted octanol–water partition coefficient (Wildman–Crippen LogP) is 4.98. The van der Waals surface area contributed by atoms with E-state index in [1.807, 2.05) is 72.0 Å². The summed E-state index contributed by atoms with van der Waals surface area (Å²) >= 11 is 0. The second-order valence-electron chi connectivity index (χ2n) is 6.22. The second-order valence-corrected chi connectivity index (χ2v) is 6.22. The van der Waals surface area contributed by atoms with E-state index in [9.17, 15) is 9.59 Å². The lowest BCUT2D eigenvalue weighted by Crippen LogP contribution is -2.18. The summed E-state index contributed by atoms with van der Waals surface area (Å²) in [6.07, 6.45) is 0. The molecule has 4 rings (SSSR count). The molecule has 0 fully saturated rings. The number of hydrogen-bond acceptors (Lipinski definition) is 2. The average molecular weight is 339 g/mol. The maximum absolute atomic E-state index is 13.2. The third-order valence-corrected chi connectivity index (χ3v) is 4.53. The molecule has 126 valence electrons. The predicted molar refractivity (Wildman–Crippen MR) is 103 cm³/mol. The van der Waals surface area contributed by atoms with Crippen LogP contribution in [-0.2, 0) is 0 Å². The molecule has 0 N–H and O–H groups in total. The quantitative estimate of drug-likeness (QED) is 0.388. The minimum absolute atomic E-state index is 0.403. The zero-order valence-corrected chi connectivity index (χ0v) is 14.3. The van der Waals surface area contributed by atoms with E-state index in [4.69, 9.17) is 0 Å². The third kappa shape index (κ3) is 2.64. The van der Waals surface area contributed by atoms with Gasteiger partial charge in [0.05, 0.1) is 0 Å². The van der Waals surface area contributed by atoms with Gasteiger partial charge in [-0.3, -0.25) is 9.59 Å². The molecule has 0 saturated carbocycles. The van der Waals surface area contributed by atoms with E-state index in [2.05, 4.69) is 0 Å². The van der Waals surface area contributed by atoms with Gasteiger partial charge in [-0.2, -0.15) is 0 Å². The van der Waals surface area contributed by atoms with Gasteiger partial charge in [-0.1, -0.05) is 66.7 Å². The number of aromatic nitrogens is 1. The summed E-state index contributed by atoms with van der Waals surface area (Å²) in [6.45, 7) is 1.94. The Morgan fingerprint density at radius 3 is 2.08 bits per heavy atom. The van der Waals surface area contributed by atoms with Gasteiger partial charge in [0.1, 0.15) is 5.69 Å². The van der Waals surface area contributed by atoms with Crippen LogP contribution in [0, 0.1) is 6.92 Å². The number of carbonyl (C=O) groups is 2. The lowest BCUT2D eigenvalue weighted by atomic mass is 9.99. The van der Waals surface area contributed by atoms with E-state index >= 15 is 0 Å². The Bertz CT molecular complexity index is 1110. The zero-order chi connectivity index (χ0) is 18.1. The number of carbonyl (C=O) groups excluding carboxylic acids is 2. The summed E-state index contributed by atoms with van der Waals surface area (Å²) < 4.78 is 1.87. The van der Waals surface area contributed by atoms with Crippen molar-refractivity contribution < 1.29 is 9.59 Å². The highest BCUT2D eigenvalue weighted by Gasteiger charge is 2.26. The van der Waals surface area contributed by atoms with Crippen molar-refractivity contribution in [3.8, 4) is 11.1 Å². The van der Waals surface area contributed by atoms with Crippen molar-refractivity contribution >= 4 is 17.1 Å². The highest BCUT2D eigenvalue weighted by Crippen LogP contribution is 2.30. The number of fused-ring (bicyclic) bond motifs is 1. The van der Waals surface area contributed by atoms with Crippen molar-refractivity contribution in [1.29, 1.82) is 0 Å². The first kappa shape index (κ1) is 16.0. The Labute approximate surface area is 151 Å². The first-order valence-electron chi connectivity index (χ1n) is 8.47. The van der Waals surface area contributed by atoms with E-state index in [1.54, 1.807) is 24.3 Å². The molecule has 0 aliphatic heterocycles. The molecule has 4 aromatic rings. The number of Topliss-reactive ketones (excluding diaryl/α,β-unsaturated/α-hetero) is 2. The molecule has 2 heterocycles. The molecule has 2 aromatic carbocycles. The number of rotatable bonds is 4. The van der Waals surface area contributed by atoms with Crippen LogP contribution in [0.5, 0.6) is 0 Å². The van der Waals surface area contributed by atoms with Gasteiger partial charge >= 0.3 is 0 Å². The van der Waals surface area contributed by atoms with Gasteiger partial charge < -0.3 is 4.40 Å². The van der Waals surface area contributed by atoms with Crippen LogP contribution < -0.4 is 0 Å². The normalized spacial score (nSPS) is 10.8. The minimum atomic E-state index is -0.496. The molecule has 0 amide bonds. The average Bonchev–Trinajstić information content (AvgIpc) is 3.09. The SMILES string of the molecule is Cc1cccc2cc(-c3ccccc3)c(C(=O)C(=O)c3ccccc3)n12. The van der Waals surface area contributed by atoms with Crippen molar-refractivity contribution in [3.63, 3.8) is 0 Å². The number of aryl methyl sites for hydroxylation is 1. The molecule has 0 bridgehead atoms. The number of nitrogens with zero attached hydrogens (tertiary/aromatic N) is 1. The Balaban J connectivity index is 1.96. The Morgan fingerprint density at radius 1 is 0.731 bits per heavy atom. The van der Waals surface area contributed by atoms with Crippen LogP contribution in [0.15, 0.2) is 84.9 Å². The van der Waals surface area contributed by atoms with E-state index < -0.39 is 11.6 Å². The smallest absolute Gasteiger partial charge is 0.250 e. The Hall–Kier alpha value is -3.46. The van der Waals surface area contributed by atoms with Crippen LogP contribution >= 0.6 is 0 Å². The Morgan fingerprint density at radius 2 is 1.38 bits per heavy atom. The van der Waals surface area contributed by atoms with Crippen molar-refractivity contribution in [2.45, 2.75) is 6.92 Å². The molecule has 0 unspecified atom stereocenters. The summed E-state index contributed by atoms with van der Waals surface area (Å²) in [6, 6.07) is 26.2. The number of benzene rings is 2. The van der Waals surface area contributed by atoms with E-state index in [-0.39, 0.29) is 0 Å². The zero-order valence-electron chi connectivity index (χ0n) is 14.3. The largest absolute Gasteiger partial charge is 0.310 e. The molecule has 0 radical (unpaired) electrons. The van der Waals surface area contributed by atoms with Crippen LogP contribution in [-0.4, -0.2) is 16.0 Å². The molecule has 26 heavy (non-hydrogen) atoms. The first-order valence-corrected chi connectivity index (χ1v) is 8.47. The maximum Gasteiger partial charge on any atom is 0.250 e.